The van der Waals surface area contributed by atoms with E-state index in [4.69, 9.17) is 4.74 Å². The summed E-state index contributed by atoms with van der Waals surface area (Å²) in [7, 11) is 0. The van der Waals surface area contributed by atoms with Gasteiger partial charge in [-0.05, 0) is 43.5 Å². The van der Waals surface area contributed by atoms with Gasteiger partial charge in [0.15, 0.2) is 0 Å². The number of carbonyl (C=O) groups is 1. The van der Waals surface area contributed by atoms with Crippen molar-refractivity contribution in [3.8, 4) is 0 Å². The van der Waals surface area contributed by atoms with Gasteiger partial charge >= 0.3 is 25.0 Å². The van der Waals surface area contributed by atoms with Crippen molar-refractivity contribution in [2.45, 2.75) is 37.9 Å². The van der Waals surface area contributed by atoms with E-state index in [1.54, 1.807) is 26.8 Å². The number of ether oxygens (including phenoxy) is 1. The predicted molar refractivity (Wildman–Crippen MR) is 64.5 cm³/mol. The second kappa shape index (κ2) is 7.65. The van der Waals surface area contributed by atoms with E-state index in [0.29, 0.717) is 5.56 Å². The average Bonchev–Trinajstić information content (AvgIpc) is 2.24. The number of carbonyl (C=O) groups excluding carboxylic acids is 1. The fourth-order valence-electron chi connectivity index (χ4n) is 1.10. The topological polar surface area (TPSA) is 91.3 Å². The minimum atomic E-state index is -2.34. The molecular weight excluding hydrogens is 263 g/mol. The normalized spacial score (nSPS) is 12.2. The number of aromatic nitrogens is 1. The third kappa shape index (κ3) is 7.33. The number of alkyl carbamates (subject to hydrolysis) is 1. The van der Waals surface area contributed by atoms with Crippen LogP contribution in [-0.4, -0.2) is 25.4 Å². The first-order valence-corrected chi connectivity index (χ1v) is 6.36. The number of amides is 1. The first-order valence-electron chi connectivity index (χ1n) is 5.29. The fourth-order valence-corrected chi connectivity index (χ4v) is 1.42. The molecule has 1 amide bonds. The largest absolute Gasteiger partial charge is 1.00 e. The van der Waals surface area contributed by atoms with Crippen molar-refractivity contribution in [3.63, 3.8) is 0 Å². The van der Waals surface area contributed by atoms with Crippen LogP contribution in [0.4, 0.5) is 4.79 Å². The first kappa shape index (κ1) is 18.1. The van der Waals surface area contributed by atoms with E-state index in [9.17, 15) is 13.6 Å². The second-order valence-corrected chi connectivity index (χ2v) is 5.48. The number of pyridine rings is 1. The molecule has 0 aliphatic carbocycles. The SMILES string of the molecule is CC(C)(C)OC(=O)NCc1ccc(S(=O)[O-])nc1.[Li+]. The Labute approximate surface area is 126 Å². The van der Waals surface area contributed by atoms with Crippen LogP contribution in [0.2, 0.25) is 0 Å². The van der Waals surface area contributed by atoms with Gasteiger partial charge < -0.3 is 14.6 Å². The summed E-state index contributed by atoms with van der Waals surface area (Å²) >= 11 is -2.34. The summed E-state index contributed by atoms with van der Waals surface area (Å²) in [5, 5.41) is 2.52. The minimum absolute atomic E-state index is 0. The van der Waals surface area contributed by atoms with Gasteiger partial charge in [-0.25, -0.2) is 9.78 Å². The van der Waals surface area contributed by atoms with Crippen molar-refractivity contribution < 1.29 is 37.2 Å². The van der Waals surface area contributed by atoms with Gasteiger partial charge in [-0.3, -0.25) is 4.21 Å². The molecule has 6 nitrogen and oxygen atoms in total. The molecule has 0 saturated heterocycles. The molecule has 1 unspecified atom stereocenters. The number of hydrogen-bond donors (Lipinski definition) is 1. The molecule has 0 aliphatic heterocycles. The number of nitrogens with zero attached hydrogens (tertiary/aromatic N) is 1. The molecule has 1 aromatic heterocycles. The third-order valence-corrected chi connectivity index (χ3v) is 2.39. The van der Waals surface area contributed by atoms with Crippen LogP contribution in [0.1, 0.15) is 26.3 Å². The van der Waals surface area contributed by atoms with E-state index in [-0.39, 0.29) is 30.4 Å². The Kier molecular flexibility index (Phi) is 7.30. The Morgan fingerprint density at radius 3 is 2.53 bits per heavy atom. The van der Waals surface area contributed by atoms with Crippen molar-refractivity contribution in [2.75, 3.05) is 0 Å². The second-order valence-electron chi connectivity index (χ2n) is 4.59. The summed E-state index contributed by atoms with van der Waals surface area (Å²) < 4.78 is 26.2. The van der Waals surface area contributed by atoms with Crippen LogP contribution in [0.5, 0.6) is 0 Å². The van der Waals surface area contributed by atoms with Crippen molar-refractivity contribution in [3.05, 3.63) is 23.9 Å². The molecule has 19 heavy (non-hydrogen) atoms. The summed E-state index contributed by atoms with van der Waals surface area (Å²) in [6.07, 6.45) is 0.863. The number of nitrogens with one attached hydrogen (secondary N) is 1. The third-order valence-electron chi connectivity index (χ3n) is 1.80. The molecular formula is C11H15LiN2O4S. The Morgan fingerprint density at radius 2 is 2.11 bits per heavy atom. The van der Waals surface area contributed by atoms with Crippen molar-refractivity contribution in [1.82, 2.24) is 10.3 Å². The van der Waals surface area contributed by atoms with E-state index in [1.807, 2.05) is 0 Å². The predicted octanol–water partition coefficient (Wildman–Crippen LogP) is -1.65. The van der Waals surface area contributed by atoms with E-state index in [0.717, 1.165) is 0 Å². The van der Waals surface area contributed by atoms with Gasteiger partial charge in [-0.2, -0.15) is 0 Å². The van der Waals surface area contributed by atoms with Gasteiger partial charge in [-0.1, -0.05) is 6.07 Å². The zero-order valence-electron chi connectivity index (χ0n) is 11.4. The van der Waals surface area contributed by atoms with E-state index in [1.165, 1.54) is 12.3 Å². The van der Waals surface area contributed by atoms with Crippen LogP contribution in [0.3, 0.4) is 0 Å². The van der Waals surface area contributed by atoms with E-state index >= 15 is 0 Å². The van der Waals surface area contributed by atoms with Gasteiger partial charge in [0.05, 0.1) is 0 Å². The maximum Gasteiger partial charge on any atom is 1.00 e. The Bertz CT molecular complexity index is 445. The molecule has 1 rings (SSSR count). The van der Waals surface area contributed by atoms with Crippen LogP contribution >= 0.6 is 0 Å². The molecule has 0 radical (unpaired) electrons. The Morgan fingerprint density at radius 1 is 1.47 bits per heavy atom. The Hall–Kier alpha value is -0.873. The monoisotopic (exact) mass is 278 g/mol. The fraction of sp³-hybridized carbons (Fsp3) is 0.455. The number of rotatable bonds is 3. The van der Waals surface area contributed by atoms with E-state index < -0.39 is 22.8 Å². The summed E-state index contributed by atoms with van der Waals surface area (Å²) in [6.45, 7) is 5.54. The molecule has 0 saturated carbocycles. The zero-order valence-corrected chi connectivity index (χ0v) is 12.2. The molecule has 1 N–H and O–H groups in total. The Balaban J connectivity index is 0.00000324. The standard InChI is InChI=1S/C11H16N2O4S.Li/c1-11(2,3)17-10(14)13-7-8-4-5-9(12-6-8)18(15)16;/h4-6H,7H2,1-3H3,(H,13,14)(H,15,16);/q;+1/p-1. The molecule has 0 fully saturated rings. The molecule has 8 heteroatoms. The van der Waals surface area contributed by atoms with E-state index in [2.05, 4.69) is 10.3 Å². The van der Waals surface area contributed by atoms with Crippen LogP contribution in [-0.2, 0) is 22.4 Å². The van der Waals surface area contributed by atoms with Crippen molar-refractivity contribution in [2.24, 2.45) is 0 Å². The van der Waals surface area contributed by atoms with Crippen LogP contribution in [0, 0.1) is 0 Å². The molecule has 1 atom stereocenters. The minimum Gasteiger partial charge on any atom is -0.767 e. The molecule has 0 bridgehead atoms. The quantitative estimate of drug-likeness (QED) is 0.528. The van der Waals surface area contributed by atoms with Gasteiger partial charge in [0.25, 0.3) is 0 Å². The summed E-state index contributed by atoms with van der Waals surface area (Å²) in [6, 6.07) is 2.95. The number of hydrogen-bond acceptors (Lipinski definition) is 5. The molecule has 100 valence electrons. The average molecular weight is 278 g/mol. The zero-order chi connectivity index (χ0) is 13.8. The summed E-state index contributed by atoms with van der Waals surface area (Å²) in [4.78, 5) is 15.1. The molecule has 0 aliphatic rings. The molecule has 0 aromatic carbocycles. The molecule has 1 aromatic rings. The van der Waals surface area contributed by atoms with Gasteiger partial charge in [0.2, 0.25) is 0 Å². The molecule has 1 heterocycles. The smallest absolute Gasteiger partial charge is 0.767 e. The van der Waals surface area contributed by atoms with Gasteiger partial charge in [-0.15, -0.1) is 0 Å². The summed E-state index contributed by atoms with van der Waals surface area (Å²) in [5.74, 6) is 0. The maximum atomic E-state index is 11.4. The van der Waals surface area contributed by atoms with Crippen LogP contribution in [0.15, 0.2) is 23.4 Å². The summed E-state index contributed by atoms with van der Waals surface area (Å²) in [5.41, 5.74) is 0.140. The van der Waals surface area contributed by atoms with Gasteiger partial charge in [0, 0.05) is 12.7 Å². The maximum absolute atomic E-state index is 11.4. The van der Waals surface area contributed by atoms with Crippen LogP contribution in [0.25, 0.3) is 0 Å². The van der Waals surface area contributed by atoms with Crippen LogP contribution < -0.4 is 24.2 Å². The van der Waals surface area contributed by atoms with Crippen molar-refractivity contribution in [1.29, 1.82) is 0 Å². The van der Waals surface area contributed by atoms with Gasteiger partial charge in [0.1, 0.15) is 10.6 Å². The molecule has 0 spiro atoms. The first-order chi connectivity index (χ1) is 8.28. The van der Waals surface area contributed by atoms with Crippen molar-refractivity contribution >= 4 is 17.2 Å².